The van der Waals surface area contributed by atoms with Crippen LogP contribution in [0.5, 0.6) is 0 Å². The smallest absolute Gasteiger partial charge is 0.253 e. The largest absolute Gasteiger partial charge is 0.384 e. The second kappa shape index (κ2) is 6.89. The highest BCUT2D eigenvalue weighted by molar-refractivity contribution is 7.09. The maximum atomic E-state index is 12.1. The van der Waals surface area contributed by atoms with Crippen molar-refractivity contribution in [2.75, 3.05) is 11.9 Å². The first-order valence-electron chi connectivity index (χ1n) is 6.30. The molecule has 0 saturated carbocycles. The van der Waals surface area contributed by atoms with Gasteiger partial charge in [-0.05, 0) is 18.6 Å². The summed E-state index contributed by atoms with van der Waals surface area (Å²) >= 11 is 1.54. The molecule has 100 valence electrons. The molecule has 5 heteroatoms. The highest BCUT2D eigenvalue weighted by Gasteiger charge is 2.10. The Labute approximate surface area is 116 Å². The van der Waals surface area contributed by atoms with Crippen LogP contribution in [0.15, 0.2) is 35.8 Å². The molecule has 1 aromatic carbocycles. The van der Waals surface area contributed by atoms with Crippen LogP contribution >= 0.6 is 11.3 Å². The number of anilines is 1. The highest BCUT2D eigenvalue weighted by atomic mass is 32.1. The number of benzene rings is 1. The van der Waals surface area contributed by atoms with Crippen LogP contribution in [0.3, 0.4) is 0 Å². The minimum atomic E-state index is -0.0746. The van der Waals surface area contributed by atoms with Crippen LogP contribution in [0.4, 0.5) is 5.69 Å². The van der Waals surface area contributed by atoms with E-state index >= 15 is 0 Å². The highest BCUT2D eigenvalue weighted by Crippen LogP contribution is 2.15. The molecule has 1 heterocycles. The number of aromatic nitrogens is 1. The number of carbonyl (C=O) groups is 1. The van der Waals surface area contributed by atoms with Crippen LogP contribution in [0.1, 0.15) is 28.7 Å². The summed E-state index contributed by atoms with van der Waals surface area (Å²) in [7, 11) is 0. The van der Waals surface area contributed by atoms with Gasteiger partial charge in [-0.25, -0.2) is 4.98 Å². The first-order valence-corrected chi connectivity index (χ1v) is 7.18. The summed E-state index contributed by atoms with van der Waals surface area (Å²) in [6.45, 7) is 3.42. The first kappa shape index (κ1) is 13.5. The number of nitrogens with zero attached hydrogens (tertiary/aromatic N) is 1. The Bertz CT molecular complexity index is 525. The van der Waals surface area contributed by atoms with E-state index in [4.69, 9.17) is 0 Å². The van der Waals surface area contributed by atoms with Crippen LogP contribution < -0.4 is 10.6 Å². The fourth-order valence-electron chi connectivity index (χ4n) is 1.69. The average molecular weight is 275 g/mol. The van der Waals surface area contributed by atoms with E-state index in [0.717, 1.165) is 23.7 Å². The molecule has 4 nitrogen and oxygen atoms in total. The summed E-state index contributed by atoms with van der Waals surface area (Å²) in [5.74, 6) is -0.0746. The van der Waals surface area contributed by atoms with Gasteiger partial charge < -0.3 is 10.6 Å². The zero-order chi connectivity index (χ0) is 13.5. The van der Waals surface area contributed by atoms with Crippen LogP contribution in [0.2, 0.25) is 0 Å². The predicted octanol–water partition coefficient (Wildman–Crippen LogP) is 2.90. The fourth-order valence-corrected chi connectivity index (χ4v) is 2.24. The van der Waals surface area contributed by atoms with Crippen molar-refractivity contribution >= 4 is 22.9 Å². The Balaban J connectivity index is 2.01. The Morgan fingerprint density at radius 2 is 2.21 bits per heavy atom. The molecule has 0 radical (unpaired) electrons. The third-order valence-electron chi connectivity index (χ3n) is 2.62. The summed E-state index contributed by atoms with van der Waals surface area (Å²) < 4.78 is 0. The molecule has 0 saturated heterocycles. The third kappa shape index (κ3) is 3.79. The lowest BCUT2D eigenvalue weighted by atomic mass is 10.1. The van der Waals surface area contributed by atoms with E-state index in [2.05, 4.69) is 22.5 Å². The van der Waals surface area contributed by atoms with Gasteiger partial charge in [-0.3, -0.25) is 4.79 Å². The van der Waals surface area contributed by atoms with Crippen molar-refractivity contribution in [3.05, 3.63) is 46.4 Å². The van der Waals surface area contributed by atoms with E-state index in [9.17, 15) is 4.79 Å². The van der Waals surface area contributed by atoms with Gasteiger partial charge >= 0.3 is 0 Å². The minimum Gasteiger partial charge on any atom is -0.384 e. The quantitative estimate of drug-likeness (QED) is 0.852. The summed E-state index contributed by atoms with van der Waals surface area (Å²) in [6, 6.07) is 7.55. The van der Waals surface area contributed by atoms with Crippen molar-refractivity contribution < 1.29 is 4.79 Å². The SMILES string of the molecule is CCCNc1ccccc1C(=O)NCc1nccs1. The molecule has 0 atom stereocenters. The Kier molecular flexibility index (Phi) is 4.92. The van der Waals surface area contributed by atoms with E-state index in [1.807, 2.05) is 29.6 Å². The second-order valence-corrected chi connectivity index (χ2v) is 5.06. The van der Waals surface area contributed by atoms with E-state index < -0.39 is 0 Å². The molecule has 0 aliphatic rings. The maximum absolute atomic E-state index is 12.1. The van der Waals surface area contributed by atoms with E-state index in [1.54, 1.807) is 6.20 Å². The van der Waals surface area contributed by atoms with Gasteiger partial charge in [-0.1, -0.05) is 19.1 Å². The fraction of sp³-hybridized carbons (Fsp3) is 0.286. The molecular formula is C14H17N3OS. The Morgan fingerprint density at radius 1 is 1.37 bits per heavy atom. The summed E-state index contributed by atoms with van der Waals surface area (Å²) in [5, 5.41) is 8.96. The lowest BCUT2D eigenvalue weighted by Crippen LogP contribution is -2.24. The van der Waals surface area contributed by atoms with Gasteiger partial charge in [-0.2, -0.15) is 0 Å². The number of rotatable bonds is 6. The van der Waals surface area contributed by atoms with E-state index in [1.165, 1.54) is 11.3 Å². The molecule has 2 rings (SSSR count). The molecule has 2 aromatic rings. The van der Waals surface area contributed by atoms with Crippen molar-refractivity contribution in [1.82, 2.24) is 10.3 Å². The lowest BCUT2D eigenvalue weighted by Gasteiger charge is -2.11. The van der Waals surface area contributed by atoms with Crippen LogP contribution in [-0.4, -0.2) is 17.4 Å². The molecule has 1 amide bonds. The molecule has 19 heavy (non-hydrogen) atoms. The van der Waals surface area contributed by atoms with Crippen molar-refractivity contribution in [3.63, 3.8) is 0 Å². The van der Waals surface area contributed by atoms with Gasteiger partial charge in [0.05, 0.1) is 12.1 Å². The van der Waals surface area contributed by atoms with Crippen molar-refractivity contribution in [2.45, 2.75) is 19.9 Å². The summed E-state index contributed by atoms with van der Waals surface area (Å²) in [4.78, 5) is 16.3. The van der Waals surface area contributed by atoms with Gasteiger partial charge in [-0.15, -0.1) is 11.3 Å². The van der Waals surface area contributed by atoms with E-state index in [-0.39, 0.29) is 5.91 Å². The van der Waals surface area contributed by atoms with Gasteiger partial charge in [0.2, 0.25) is 0 Å². The number of nitrogens with one attached hydrogen (secondary N) is 2. The standard InChI is InChI=1S/C14H17N3OS/c1-2-7-15-12-6-4-3-5-11(12)14(18)17-10-13-16-8-9-19-13/h3-6,8-9,15H,2,7,10H2,1H3,(H,17,18). The molecule has 0 fully saturated rings. The molecule has 0 aliphatic carbocycles. The maximum Gasteiger partial charge on any atom is 0.253 e. The van der Waals surface area contributed by atoms with Crippen molar-refractivity contribution in [3.8, 4) is 0 Å². The number of carbonyl (C=O) groups excluding carboxylic acids is 1. The molecule has 0 bridgehead atoms. The minimum absolute atomic E-state index is 0.0746. The van der Waals surface area contributed by atoms with Gasteiger partial charge in [0.1, 0.15) is 5.01 Å². The van der Waals surface area contributed by atoms with Gasteiger partial charge in [0.15, 0.2) is 0 Å². The number of hydrogen-bond acceptors (Lipinski definition) is 4. The van der Waals surface area contributed by atoms with Crippen LogP contribution in [-0.2, 0) is 6.54 Å². The number of hydrogen-bond donors (Lipinski definition) is 2. The second-order valence-electron chi connectivity index (χ2n) is 4.08. The molecule has 0 unspecified atom stereocenters. The number of amides is 1. The summed E-state index contributed by atoms with van der Waals surface area (Å²) in [5.41, 5.74) is 1.55. The number of para-hydroxylation sites is 1. The predicted molar refractivity (Wildman–Crippen MR) is 78.5 cm³/mol. The third-order valence-corrected chi connectivity index (χ3v) is 3.40. The monoisotopic (exact) mass is 275 g/mol. The molecule has 0 spiro atoms. The molecular weight excluding hydrogens is 258 g/mol. The molecule has 0 aliphatic heterocycles. The molecule has 1 aromatic heterocycles. The topological polar surface area (TPSA) is 54.0 Å². The van der Waals surface area contributed by atoms with Crippen LogP contribution in [0, 0.1) is 0 Å². The number of thiazole rings is 1. The lowest BCUT2D eigenvalue weighted by molar-refractivity contribution is 0.0951. The normalized spacial score (nSPS) is 10.2. The summed E-state index contributed by atoms with van der Waals surface area (Å²) in [6.07, 6.45) is 2.76. The Hall–Kier alpha value is -1.88. The van der Waals surface area contributed by atoms with Crippen LogP contribution in [0.25, 0.3) is 0 Å². The van der Waals surface area contributed by atoms with Crippen molar-refractivity contribution in [1.29, 1.82) is 0 Å². The van der Waals surface area contributed by atoms with E-state index in [0.29, 0.717) is 12.1 Å². The Morgan fingerprint density at radius 3 is 2.95 bits per heavy atom. The zero-order valence-electron chi connectivity index (χ0n) is 10.8. The molecule has 2 N–H and O–H groups in total. The van der Waals surface area contributed by atoms with Gasteiger partial charge in [0.25, 0.3) is 5.91 Å². The first-order chi connectivity index (χ1) is 9.31. The zero-order valence-corrected chi connectivity index (χ0v) is 11.7. The van der Waals surface area contributed by atoms with Gasteiger partial charge in [0, 0.05) is 23.8 Å². The average Bonchev–Trinajstić information content (AvgIpc) is 2.96. The van der Waals surface area contributed by atoms with Crippen molar-refractivity contribution in [2.24, 2.45) is 0 Å².